The van der Waals surface area contributed by atoms with Crippen LogP contribution in [0.15, 0.2) is 12.2 Å². The highest BCUT2D eigenvalue weighted by molar-refractivity contribution is 5.85. The molecule has 0 aromatic carbocycles. The molecule has 0 radical (unpaired) electrons. The van der Waals surface area contributed by atoms with Crippen LogP contribution in [0, 0.1) is 0 Å². The van der Waals surface area contributed by atoms with Gasteiger partial charge < -0.3 is 15.8 Å². The molecule has 0 aromatic rings. The van der Waals surface area contributed by atoms with Gasteiger partial charge in [0.2, 0.25) is 5.91 Å². The van der Waals surface area contributed by atoms with Crippen LogP contribution >= 0.6 is 0 Å². The van der Waals surface area contributed by atoms with E-state index in [1.807, 2.05) is 6.92 Å². The van der Waals surface area contributed by atoms with Crippen LogP contribution in [0.4, 0.5) is 0 Å². The molecule has 0 saturated carbocycles. The maximum atomic E-state index is 10.2. The van der Waals surface area contributed by atoms with Crippen LogP contribution < -0.4 is 11.1 Å². The highest BCUT2D eigenvalue weighted by Gasteiger charge is 1.84. The summed E-state index contributed by atoms with van der Waals surface area (Å²) >= 11 is 0. The van der Waals surface area contributed by atoms with Gasteiger partial charge in [-0.05, 0) is 13.0 Å². The molecule has 0 rings (SSSR count). The molecule has 0 unspecified atom stereocenters. The Morgan fingerprint density at radius 1 is 1.67 bits per heavy atom. The van der Waals surface area contributed by atoms with E-state index in [4.69, 9.17) is 10.5 Å². The maximum absolute atomic E-state index is 10.2. The van der Waals surface area contributed by atoms with Gasteiger partial charge in [-0.15, -0.1) is 0 Å². The van der Waals surface area contributed by atoms with E-state index in [-0.39, 0.29) is 0 Å². The molecule has 0 aromatic heterocycles. The third-order valence-corrected chi connectivity index (χ3v) is 1.17. The lowest BCUT2D eigenvalue weighted by molar-refractivity contribution is -0.113. The van der Waals surface area contributed by atoms with Crippen LogP contribution in [-0.4, -0.2) is 32.2 Å². The van der Waals surface area contributed by atoms with E-state index >= 15 is 0 Å². The number of primary amides is 1. The minimum absolute atomic E-state index is 0.415. The number of nitrogens with one attached hydrogen (secondary N) is 1. The molecule has 4 nitrogen and oxygen atoms in total. The van der Waals surface area contributed by atoms with Crippen molar-refractivity contribution in [3.63, 3.8) is 0 Å². The molecule has 1 amide bonds. The average Bonchev–Trinajstić information content (AvgIpc) is 2.02. The summed E-state index contributed by atoms with van der Waals surface area (Å²) in [5.74, 6) is -0.415. The van der Waals surface area contributed by atoms with Gasteiger partial charge in [-0.3, -0.25) is 4.79 Å². The normalized spacial score (nSPS) is 10.8. The number of amides is 1. The predicted octanol–water partition coefficient (Wildman–Crippen LogP) is -0.346. The highest BCUT2D eigenvalue weighted by Crippen LogP contribution is 1.72. The molecule has 0 saturated heterocycles. The van der Waals surface area contributed by atoms with Gasteiger partial charge in [-0.2, -0.15) is 0 Å². The molecule has 70 valence electrons. The Balaban J connectivity index is 3.05. The van der Waals surface area contributed by atoms with Crippen molar-refractivity contribution in [2.24, 2.45) is 5.73 Å². The second-order valence-electron chi connectivity index (χ2n) is 2.21. The zero-order valence-corrected chi connectivity index (χ0v) is 7.38. The summed E-state index contributed by atoms with van der Waals surface area (Å²) in [6, 6.07) is 0. The molecule has 0 atom stereocenters. The Labute approximate surface area is 72.8 Å². The first-order valence-corrected chi connectivity index (χ1v) is 4.01. The zero-order valence-electron chi connectivity index (χ0n) is 7.38. The molecular weight excluding hydrogens is 156 g/mol. The molecule has 0 aliphatic rings. The first-order chi connectivity index (χ1) is 5.77. The Bertz CT molecular complexity index is 146. The Kier molecular flexibility index (Phi) is 7.63. The van der Waals surface area contributed by atoms with Crippen molar-refractivity contribution in [2.45, 2.75) is 6.92 Å². The number of ether oxygens (including phenoxy) is 1. The topological polar surface area (TPSA) is 64.3 Å². The zero-order chi connectivity index (χ0) is 9.23. The monoisotopic (exact) mass is 172 g/mol. The Morgan fingerprint density at radius 3 is 3.00 bits per heavy atom. The van der Waals surface area contributed by atoms with Gasteiger partial charge in [0.1, 0.15) is 0 Å². The molecular formula is C8H16N2O2. The summed E-state index contributed by atoms with van der Waals surface area (Å²) in [7, 11) is 0. The van der Waals surface area contributed by atoms with Crippen molar-refractivity contribution in [3.8, 4) is 0 Å². The Morgan fingerprint density at radius 2 is 2.42 bits per heavy atom. The van der Waals surface area contributed by atoms with Gasteiger partial charge in [-0.1, -0.05) is 6.08 Å². The minimum atomic E-state index is -0.415. The lowest BCUT2D eigenvalue weighted by Gasteiger charge is -2.00. The van der Waals surface area contributed by atoms with Crippen molar-refractivity contribution in [3.05, 3.63) is 12.2 Å². The van der Waals surface area contributed by atoms with E-state index in [1.165, 1.54) is 6.08 Å². The van der Waals surface area contributed by atoms with Crippen molar-refractivity contribution < 1.29 is 9.53 Å². The SMILES string of the molecule is CCOCCNCC=CC(N)=O. The summed E-state index contributed by atoms with van der Waals surface area (Å²) < 4.78 is 5.08. The Hall–Kier alpha value is -0.870. The largest absolute Gasteiger partial charge is 0.380 e. The van der Waals surface area contributed by atoms with E-state index < -0.39 is 5.91 Å². The molecule has 0 aliphatic carbocycles. The van der Waals surface area contributed by atoms with E-state index in [9.17, 15) is 4.79 Å². The van der Waals surface area contributed by atoms with Gasteiger partial charge >= 0.3 is 0 Å². The van der Waals surface area contributed by atoms with E-state index in [1.54, 1.807) is 6.08 Å². The van der Waals surface area contributed by atoms with Crippen molar-refractivity contribution in [2.75, 3.05) is 26.3 Å². The van der Waals surface area contributed by atoms with Gasteiger partial charge in [0.15, 0.2) is 0 Å². The lowest BCUT2D eigenvalue weighted by atomic mass is 10.4. The summed E-state index contributed by atoms with van der Waals surface area (Å²) in [5.41, 5.74) is 4.88. The van der Waals surface area contributed by atoms with E-state index in [0.717, 1.165) is 13.2 Å². The van der Waals surface area contributed by atoms with Crippen LogP contribution in [0.25, 0.3) is 0 Å². The van der Waals surface area contributed by atoms with Gasteiger partial charge in [0.05, 0.1) is 6.61 Å². The van der Waals surface area contributed by atoms with Gasteiger partial charge in [0.25, 0.3) is 0 Å². The minimum Gasteiger partial charge on any atom is -0.380 e. The van der Waals surface area contributed by atoms with Gasteiger partial charge in [-0.25, -0.2) is 0 Å². The number of carbonyl (C=O) groups is 1. The van der Waals surface area contributed by atoms with Crippen molar-refractivity contribution in [1.82, 2.24) is 5.32 Å². The number of nitrogens with two attached hydrogens (primary N) is 1. The third kappa shape index (κ3) is 9.13. The van der Waals surface area contributed by atoms with Gasteiger partial charge in [0, 0.05) is 19.7 Å². The fraction of sp³-hybridized carbons (Fsp3) is 0.625. The van der Waals surface area contributed by atoms with Crippen LogP contribution in [-0.2, 0) is 9.53 Å². The first-order valence-electron chi connectivity index (χ1n) is 4.01. The molecule has 0 spiro atoms. The summed E-state index contributed by atoms with van der Waals surface area (Å²) in [6.07, 6.45) is 3.03. The second kappa shape index (κ2) is 8.23. The van der Waals surface area contributed by atoms with Crippen molar-refractivity contribution >= 4 is 5.91 Å². The standard InChI is InChI=1S/C8H16N2O2/c1-2-12-7-6-10-5-3-4-8(9)11/h3-4,10H,2,5-7H2,1H3,(H2,9,11). The fourth-order valence-corrected chi connectivity index (χ4v) is 0.649. The third-order valence-electron chi connectivity index (χ3n) is 1.17. The van der Waals surface area contributed by atoms with Crippen LogP contribution in [0.2, 0.25) is 0 Å². The number of carbonyl (C=O) groups excluding carboxylic acids is 1. The quantitative estimate of drug-likeness (QED) is 0.407. The summed E-state index contributed by atoms with van der Waals surface area (Å²) in [6.45, 7) is 4.82. The first kappa shape index (κ1) is 11.1. The van der Waals surface area contributed by atoms with Crippen LogP contribution in [0.1, 0.15) is 6.92 Å². The molecule has 0 aliphatic heterocycles. The fourth-order valence-electron chi connectivity index (χ4n) is 0.649. The molecule has 12 heavy (non-hydrogen) atoms. The number of rotatable bonds is 7. The molecule has 0 fully saturated rings. The second-order valence-corrected chi connectivity index (χ2v) is 2.21. The molecule has 0 heterocycles. The molecule has 3 N–H and O–H groups in total. The number of hydrogen-bond acceptors (Lipinski definition) is 3. The average molecular weight is 172 g/mol. The summed E-state index contributed by atoms with van der Waals surface area (Å²) in [4.78, 5) is 10.2. The van der Waals surface area contributed by atoms with Crippen LogP contribution in [0.3, 0.4) is 0 Å². The highest BCUT2D eigenvalue weighted by atomic mass is 16.5. The van der Waals surface area contributed by atoms with E-state index in [2.05, 4.69) is 5.32 Å². The lowest BCUT2D eigenvalue weighted by Crippen LogP contribution is -2.20. The molecule has 4 heteroatoms. The smallest absolute Gasteiger partial charge is 0.241 e. The summed E-state index contributed by atoms with van der Waals surface area (Å²) in [5, 5.41) is 3.06. The van der Waals surface area contributed by atoms with Crippen LogP contribution in [0.5, 0.6) is 0 Å². The molecule has 0 bridgehead atoms. The predicted molar refractivity (Wildman–Crippen MR) is 47.7 cm³/mol. The number of hydrogen-bond donors (Lipinski definition) is 2. The van der Waals surface area contributed by atoms with Crippen molar-refractivity contribution in [1.29, 1.82) is 0 Å². The maximum Gasteiger partial charge on any atom is 0.241 e. The van der Waals surface area contributed by atoms with E-state index in [0.29, 0.717) is 13.2 Å².